The van der Waals surface area contributed by atoms with Gasteiger partial charge in [0.1, 0.15) is 0 Å². The summed E-state index contributed by atoms with van der Waals surface area (Å²) in [6, 6.07) is 16.8. The van der Waals surface area contributed by atoms with Crippen LogP contribution < -0.4 is 21.3 Å². The highest BCUT2D eigenvalue weighted by Crippen LogP contribution is 2.28. The van der Waals surface area contributed by atoms with Crippen molar-refractivity contribution in [3.8, 4) is 5.69 Å². The number of anilines is 2. The van der Waals surface area contributed by atoms with Crippen LogP contribution in [0.5, 0.6) is 0 Å². The summed E-state index contributed by atoms with van der Waals surface area (Å²) in [5.41, 5.74) is 3.26. The van der Waals surface area contributed by atoms with Crippen LogP contribution in [0.1, 0.15) is 18.5 Å². The minimum absolute atomic E-state index is 0.196. The van der Waals surface area contributed by atoms with E-state index in [0.717, 1.165) is 43.9 Å². The Bertz CT molecular complexity index is 1520. The van der Waals surface area contributed by atoms with Gasteiger partial charge < -0.3 is 16.0 Å². The van der Waals surface area contributed by atoms with Gasteiger partial charge >= 0.3 is 6.03 Å². The van der Waals surface area contributed by atoms with E-state index in [-0.39, 0.29) is 17.4 Å². The molecule has 198 valence electrons. The van der Waals surface area contributed by atoms with Crippen molar-refractivity contribution in [3.63, 3.8) is 0 Å². The van der Waals surface area contributed by atoms with Gasteiger partial charge in [0.2, 0.25) is 5.95 Å². The highest BCUT2D eigenvalue weighted by molar-refractivity contribution is 7.85. The van der Waals surface area contributed by atoms with Gasteiger partial charge in [0.15, 0.2) is 0 Å². The molecule has 0 aliphatic carbocycles. The number of pyridine rings is 1. The number of nitrogens with zero attached hydrogens (tertiary/aromatic N) is 3. The molecular weight excluding hydrogens is 506 g/mol. The molecule has 3 heterocycles. The molecule has 1 fully saturated rings. The van der Waals surface area contributed by atoms with Gasteiger partial charge in [-0.15, -0.1) is 0 Å². The summed E-state index contributed by atoms with van der Waals surface area (Å²) in [4.78, 5) is 21.1. The lowest BCUT2D eigenvalue weighted by Gasteiger charge is -2.23. The highest BCUT2D eigenvalue weighted by Gasteiger charge is 2.19. The van der Waals surface area contributed by atoms with Crippen LogP contribution in [-0.2, 0) is 16.7 Å². The maximum absolute atomic E-state index is 12.7. The number of urea groups is 1. The van der Waals surface area contributed by atoms with E-state index in [9.17, 15) is 17.8 Å². The Morgan fingerprint density at radius 1 is 1.08 bits per heavy atom. The molecule has 5 N–H and O–H groups in total. The van der Waals surface area contributed by atoms with Crippen molar-refractivity contribution >= 4 is 38.8 Å². The predicted molar refractivity (Wildman–Crippen MR) is 145 cm³/mol. The van der Waals surface area contributed by atoms with Crippen molar-refractivity contribution in [3.05, 3.63) is 72.6 Å². The number of piperidine rings is 1. The van der Waals surface area contributed by atoms with Gasteiger partial charge in [-0.3, -0.25) is 19.4 Å². The molecule has 38 heavy (non-hydrogen) atoms. The zero-order chi connectivity index (χ0) is 26.5. The van der Waals surface area contributed by atoms with Gasteiger partial charge in [0.25, 0.3) is 10.1 Å². The van der Waals surface area contributed by atoms with Crippen LogP contribution in [0, 0.1) is 5.92 Å². The molecule has 4 aromatic rings. The van der Waals surface area contributed by atoms with Crippen molar-refractivity contribution in [2.24, 2.45) is 5.92 Å². The summed E-state index contributed by atoms with van der Waals surface area (Å²) in [5, 5.41) is 12.4. The second-order valence-electron chi connectivity index (χ2n) is 9.15. The SMILES string of the molecule is O=C(NCc1ccccn1)Nc1nc2cc(S(=O)(=O)O)ccc2n1-c1ccc(NCC2CCNCC2)cc1. The molecule has 11 nitrogen and oxygen atoms in total. The van der Waals surface area contributed by atoms with E-state index >= 15 is 0 Å². The minimum atomic E-state index is -4.41. The monoisotopic (exact) mass is 535 g/mol. The largest absolute Gasteiger partial charge is 0.385 e. The molecule has 0 atom stereocenters. The first-order chi connectivity index (χ1) is 18.4. The van der Waals surface area contributed by atoms with Crippen LogP contribution in [0.25, 0.3) is 16.7 Å². The van der Waals surface area contributed by atoms with Gasteiger partial charge in [-0.25, -0.2) is 9.78 Å². The lowest BCUT2D eigenvalue weighted by molar-refractivity contribution is 0.251. The number of fused-ring (bicyclic) bond motifs is 1. The molecule has 0 bridgehead atoms. The van der Waals surface area contributed by atoms with Gasteiger partial charge in [-0.1, -0.05) is 6.07 Å². The fraction of sp³-hybridized carbons (Fsp3) is 0.269. The Kier molecular flexibility index (Phi) is 7.54. The fourth-order valence-corrected chi connectivity index (χ4v) is 4.96. The molecule has 0 spiro atoms. The van der Waals surface area contributed by atoms with E-state index < -0.39 is 16.1 Å². The molecule has 12 heteroatoms. The topological polar surface area (TPSA) is 150 Å². The molecule has 1 saturated heterocycles. The van der Waals surface area contributed by atoms with E-state index in [1.807, 2.05) is 30.3 Å². The normalized spacial score (nSPS) is 14.3. The number of amides is 2. The summed E-state index contributed by atoms with van der Waals surface area (Å²) in [6.07, 6.45) is 3.94. The molecule has 0 radical (unpaired) electrons. The number of hydrogen-bond acceptors (Lipinski definition) is 7. The smallest absolute Gasteiger partial charge is 0.321 e. The van der Waals surface area contributed by atoms with Crippen LogP contribution >= 0.6 is 0 Å². The van der Waals surface area contributed by atoms with Gasteiger partial charge in [-0.2, -0.15) is 8.42 Å². The van der Waals surface area contributed by atoms with E-state index in [1.165, 1.54) is 12.1 Å². The van der Waals surface area contributed by atoms with Crippen LogP contribution in [0.3, 0.4) is 0 Å². The van der Waals surface area contributed by atoms with E-state index in [2.05, 4.69) is 31.2 Å². The number of carbonyl (C=O) groups excluding carboxylic acids is 1. The Morgan fingerprint density at radius 2 is 1.87 bits per heavy atom. The minimum Gasteiger partial charge on any atom is -0.385 e. The molecule has 1 aliphatic rings. The Balaban J connectivity index is 1.40. The zero-order valence-corrected chi connectivity index (χ0v) is 21.4. The van der Waals surface area contributed by atoms with Crippen molar-refractivity contribution in [2.75, 3.05) is 30.3 Å². The maximum Gasteiger partial charge on any atom is 0.321 e. The molecule has 0 saturated carbocycles. The Labute approximate surface area is 220 Å². The lowest BCUT2D eigenvalue weighted by Crippen LogP contribution is -2.31. The first-order valence-corrected chi connectivity index (χ1v) is 13.8. The molecule has 2 aromatic carbocycles. The number of carbonyl (C=O) groups is 1. The number of benzene rings is 2. The number of hydrogen-bond donors (Lipinski definition) is 5. The predicted octanol–water partition coefficient (Wildman–Crippen LogP) is 3.40. The van der Waals surface area contributed by atoms with Crippen LogP contribution in [0.4, 0.5) is 16.4 Å². The second-order valence-corrected chi connectivity index (χ2v) is 10.6. The number of rotatable bonds is 8. The number of nitrogens with one attached hydrogen (secondary N) is 4. The average molecular weight is 536 g/mol. The Hall–Kier alpha value is -4.00. The number of aromatic nitrogens is 3. The number of imidazole rings is 1. The lowest BCUT2D eigenvalue weighted by atomic mass is 9.98. The van der Waals surface area contributed by atoms with Crippen molar-refractivity contribution < 1.29 is 17.8 Å². The van der Waals surface area contributed by atoms with E-state index in [0.29, 0.717) is 22.6 Å². The second kappa shape index (κ2) is 11.2. The fourth-order valence-electron chi connectivity index (χ4n) is 4.46. The van der Waals surface area contributed by atoms with Gasteiger partial charge in [0.05, 0.1) is 28.2 Å². The average Bonchev–Trinajstić information content (AvgIpc) is 3.28. The van der Waals surface area contributed by atoms with Gasteiger partial charge in [-0.05, 0) is 86.4 Å². The zero-order valence-electron chi connectivity index (χ0n) is 20.6. The summed E-state index contributed by atoms with van der Waals surface area (Å²) in [6.45, 7) is 3.21. The third-order valence-corrected chi connectivity index (χ3v) is 7.33. The summed E-state index contributed by atoms with van der Waals surface area (Å²) < 4.78 is 34.6. The molecule has 1 aliphatic heterocycles. The maximum atomic E-state index is 12.7. The summed E-state index contributed by atoms with van der Waals surface area (Å²) >= 11 is 0. The van der Waals surface area contributed by atoms with E-state index in [1.54, 1.807) is 29.0 Å². The molecule has 2 amide bonds. The summed E-state index contributed by atoms with van der Waals surface area (Å²) in [7, 11) is -4.41. The summed E-state index contributed by atoms with van der Waals surface area (Å²) in [5.74, 6) is 0.826. The molecular formula is C26H29N7O4S. The highest BCUT2D eigenvalue weighted by atomic mass is 32.2. The third-order valence-electron chi connectivity index (χ3n) is 6.48. The first-order valence-electron chi connectivity index (χ1n) is 12.4. The van der Waals surface area contributed by atoms with Crippen LogP contribution in [0.15, 0.2) is 71.8 Å². The first kappa shape index (κ1) is 25.6. The quantitative estimate of drug-likeness (QED) is 0.216. The van der Waals surface area contributed by atoms with Gasteiger partial charge in [0, 0.05) is 24.1 Å². The van der Waals surface area contributed by atoms with Crippen LogP contribution in [-0.4, -0.2) is 53.2 Å². The van der Waals surface area contributed by atoms with Crippen molar-refractivity contribution in [2.45, 2.75) is 24.3 Å². The van der Waals surface area contributed by atoms with Crippen molar-refractivity contribution in [1.29, 1.82) is 0 Å². The third kappa shape index (κ3) is 6.10. The van der Waals surface area contributed by atoms with Crippen molar-refractivity contribution in [1.82, 2.24) is 25.2 Å². The van der Waals surface area contributed by atoms with E-state index in [4.69, 9.17) is 0 Å². The molecule has 0 unspecified atom stereocenters. The van der Waals surface area contributed by atoms with Crippen LogP contribution in [0.2, 0.25) is 0 Å². The molecule has 5 rings (SSSR count). The Morgan fingerprint density at radius 3 is 2.58 bits per heavy atom. The molecule has 2 aromatic heterocycles. The standard InChI is InChI=1S/C26H29N7O4S/c34-26(30-17-20-3-1-2-12-28-20)32-25-31-23-15-22(38(35,36)37)8-9-24(23)33(25)21-6-4-19(5-7-21)29-16-18-10-13-27-14-11-18/h1-9,12,15,18,27,29H,10-11,13-14,16-17H2,(H,35,36,37)(H2,30,31,32,34).